The van der Waals surface area contributed by atoms with E-state index in [0.717, 1.165) is 11.7 Å². The summed E-state index contributed by atoms with van der Waals surface area (Å²) in [5.74, 6) is 1.85. The Bertz CT molecular complexity index is 402. The Kier molecular flexibility index (Phi) is 2.31. The summed E-state index contributed by atoms with van der Waals surface area (Å²) in [5, 5.41) is 3.65. The Morgan fingerprint density at radius 3 is 3.06 bits per heavy atom. The van der Waals surface area contributed by atoms with E-state index >= 15 is 0 Å². The molecule has 1 N–H and O–H groups in total. The second-order valence-corrected chi connectivity index (χ2v) is 5.32. The van der Waals surface area contributed by atoms with E-state index in [2.05, 4.69) is 37.4 Å². The first-order valence-corrected chi connectivity index (χ1v) is 6.26. The summed E-state index contributed by atoms with van der Waals surface area (Å²) in [7, 11) is 0. The van der Waals surface area contributed by atoms with Crippen LogP contribution in [-0.4, -0.2) is 12.1 Å². The van der Waals surface area contributed by atoms with Crippen LogP contribution in [-0.2, 0) is 0 Å². The highest BCUT2D eigenvalue weighted by atomic mass is 16.5. The molecule has 16 heavy (non-hydrogen) atoms. The zero-order chi connectivity index (χ0) is 11.1. The second kappa shape index (κ2) is 3.69. The van der Waals surface area contributed by atoms with Gasteiger partial charge in [0, 0.05) is 0 Å². The molecule has 0 radical (unpaired) electrons. The number of anilines is 1. The Balaban J connectivity index is 1.88. The molecule has 2 heteroatoms. The highest BCUT2D eigenvalue weighted by Crippen LogP contribution is 2.38. The summed E-state index contributed by atoms with van der Waals surface area (Å²) < 4.78 is 6.08. The Morgan fingerprint density at radius 2 is 2.19 bits per heavy atom. The van der Waals surface area contributed by atoms with Gasteiger partial charge in [-0.1, -0.05) is 13.0 Å². The molecule has 1 aromatic carbocycles. The molecule has 1 aliphatic heterocycles. The zero-order valence-corrected chi connectivity index (χ0v) is 9.99. The van der Waals surface area contributed by atoms with Gasteiger partial charge in [-0.15, -0.1) is 0 Å². The highest BCUT2D eigenvalue weighted by molar-refractivity contribution is 5.60. The van der Waals surface area contributed by atoms with Crippen LogP contribution in [0.5, 0.6) is 5.75 Å². The van der Waals surface area contributed by atoms with Gasteiger partial charge in [0.15, 0.2) is 0 Å². The van der Waals surface area contributed by atoms with E-state index in [9.17, 15) is 0 Å². The molecule has 0 spiro atoms. The summed E-state index contributed by atoms with van der Waals surface area (Å²) in [6.07, 6.45) is 4.10. The minimum atomic E-state index is 0.381. The molecule has 3 rings (SSSR count). The quantitative estimate of drug-likeness (QED) is 0.719. The molecule has 1 saturated carbocycles. The van der Waals surface area contributed by atoms with E-state index in [1.165, 1.54) is 30.5 Å². The first kappa shape index (κ1) is 10.0. The fraction of sp³-hybridized carbons (Fsp3) is 0.571. The average Bonchev–Trinajstić information content (AvgIpc) is 2.26. The largest absolute Gasteiger partial charge is 0.486 e. The summed E-state index contributed by atoms with van der Waals surface area (Å²) >= 11 is 0. The molecule has 1 heterocycles. The number of benzene rings is 1. The van der Waals surface area contributed by atoms with Crippen molar-refractivity contribution in [3.63, 3.8) is 0 Å². The van der Waals surface area contributed by atoms with Crippen molar-refractivity contribution in [2.75, 3.05) is 5.32 Å². The molecule has 1 aromatic rings. The fourth-order valence-electron chi connectivity index (χ4n) is 2.87. The maximum Gasteiger partial charge on any atom is 0.142 e. The van der Waals surface area contributed by atoms with Crippen molar-refractivity contribution in [3.05, 3.63) is 23.8 Å². The van der Waals surface area contributed by atoms with E-state index in [0.29, 0.717) is 12.1 Å². The van der Waals surface area contributed by atoms with Crippen LogP contribution in [0.3, 0.4) is 0 Å². The topological polar surface area (TPSA) is 21.3 Å². The Morgan fingerprint density at radius 1 is 1.31 bits per heavy atom. The van der Waals surface area contributed by atoms with Crippen molar-refractivity contribution in [2.24, 2.45) is 5.92 Å². The highest BCUT2D eigenvalue weighted by Gasteiger charge is 2.34. The predicted molar refractivity (Wildman–Crippen MR) is 66.0 cm³/mol. The van der Waals surface area contributed by atoms with Gasteiger partial charge < -0.3 is 10.1 Å². The maximum atomic E-state index is 6.08. The first-order chi connectivity index (χ1) is 7.72. The van der Waals surface area contributed by atoms with E-state index in [1.807, 2.05) is 0 Å². The van der Waals surface area contributed by atoms with Crippen LogP contribution in [0.1, 0.15) is 31.7 Å². The number of hydrogen-bond acceptors (Lipinski definition) is 2. The van der Waals surface area contributed by atoms with Gasteiger partial charge in [-0.25, -0.2) is 0 Å². The average molecular weight is 217 g/mol. The van der Waals surface area contributed by atoms with Crippen molar-refractivity contribution >= 4 is 5.69 Å². The number of fused-ring (bicyclic) bond motifs is 2. The molecule has 2 aliphatic rings. The molecule has 3 unspecified atom stereocenters. The molecule has 86 valence electrons. The van der Waals surface area contributed by atoms with Gasteiger partial charge in [0.2, 0.25) is 0 Å². The molecular weight excluding hydrogens is 198 g/mol. The third-order valence-corrected chi connectivity index (χ3v) is 3.80. The number of hydrogen-bond donors (Lipinski definition) is 1. The van der Waals surface area contributed by atoms with Crippen molar-refractivity contribution in [1.29, 1.82) is 0 Å². The maximum absolute atomic E-state index is 6.08. The molecule has 0 saturated heterocycles. The summed E-state index contributed by atoms with van der Waals surface area (Å²) in [6.45, 7) is 4.46. The van der Waals surface area contributed by atoms with Crippen LogP contribution in [0.25, 0.3) is 0 Å². The van der Waals surface area contributed by atoms with Gasteiger partial charge in [0.05, 0.1) is 11.7 Å². The molecule has 0 amide bonds. The van der Waals surface area contributed by atoms with E-state index < -0.39 is 0 Å². The zero-order valence-electron chi connectivity index (χ0n) is 9.99. The lowest BCUT2D eigenvalue weighted by atomic mass is 9.84. The van der Waals surface area contributed by atoms with Crippen LogP contribution < -0.4 is 10.1 Å². The van der Waals surface area contributed by atoms with Crippen LogP contribution in [0.2, 0.25) is 0 Å². The van der Waals surface area contributed by atoms with Gasteiger partial charge in [-0.05, 0) is 49.8 Å². The van der Waals surface area contributed by atoms with Gasteiger partial charge >= 0.3 is 0 Å². The third-order valence-electron chi connectivity index (χ3n) is 3.80. The van der Waals surface area contributed by atoms with Crippen LogP contribution in [0, 0.1) is 12.8 Å². The van der Waals surface area contributed by atoms with Crippen LogP contribution in [0.4, 0.5) is 5.69 Å². The lowest BCUT2D eigenvalue weighted by Crippen LogP contribution is -2.45. The van der Waals surface area contributed by atoms with Crippen LogP contribution >= 0.6 is 0 Å². The number of aryl methyl sites for hydroxylation is 1. The SMILES string of the molecule is Cc1ccc2c(c1)NC1CC(C)CCC1O2. The van der Waals surface area contributed by atoms with Gasteiger partial charge in [-0.3, -0.25) is 0 Å². The first-order valence-electron chi connectivity index (χ1n) is 6.26. The lowest BCUT2D eigenvalue weighted by Gasteiger charge is -2.40. The van der Waals surface area contributed by atoms with E-state index in [4.69, 9.17) is 4.74 Å². The number of nitrogens with one attached hydrogen (secondary N) is 1. The number of rotatable bonds is 0. The molecule has 2 nitrogen and oxygen atoms in total. The molecule has 0 bridgehead atoms. The smallest absolute Gasteiger partial charge is 0.142 e. The van der Waals surface area contributed by atoms with Gasteiger partial charge in [-0.2, -0.15) is 0 Å². The van der Waals surface area contributed by atoms with Crippen LogP contribution in [0.15, 0.2) is 18.2 Å². The summed E-state index contributed by atoms with van der Waals surface area (Å²) in [5.41, 5.74) is 2.47. The van der Waals surface area contributed by atoms with Crippen molar-refractivity contribution < 1.29 is 4.74 Å². The third kappa shape index (κ3) is 1.66. The Labute approximate surface area is 97.0 Å². The monoisotopic (exact) mass is 217 g/mol. The second-order valence-electron chi connectivity index (χ2n) is 5.32. The normalized spacial score (nSPS) is 32.0. The van der Waals surface area contributed by atoms with Crippen molar-refractivity contribution in [1.82, 2.24) is 0 Å². The molecule has 1 fully saturated rings. The molecular formula is C14H19NO. The van der Waals surface area contributed by atoms with Crippen molar-refractivity contribution in [2.45, 2.75) is 45.3 Å². The van der Waals surface area contributed by atoms with Gasteiger partial charge in [0.1, 0.15) is 11.9 Å². The lowest BCUT2D eigenvalue weighted by molar-refractivity contribution is 0.112. The number of ether oxygens (including phenoxy) is 1. The van der Waals surface area contributed by atoms with E-state index in [1.54, 1.807) is 0 Å². The minimum absolute atomic E-state index is 0.381. The standard InChI is InChI=1S/C14H19NO/c1-9-3-5-13-11(7-9)15-12-8-10(2)4-6-14(12)16-13/h3,5,7,10,12,14-15H,4,6,8H2,1-2H3. The predicted octanol–water partition coefficient (Wildman–Crippen LogP) is 3.36. The summed E-state index contributed by atoms with van der Waals surface area (Å²) in [6, 6.07) is 6.90. The Hall–Kier alpha value is -1.18. The molecule has 3 atom stereocenters. The van der Waals surface area contributed by atoms with Gasteiger partial charge in [0.25, 0.3) is 0 Å². The van der Waals surface area contributed by atoms with Crippen molar-refractivity contribution in [3.8, 4) is 5.75 Å². The van der Waals surface area contributed by atoms with E-state index in [-0.39, 0.29) is 0 Å². The fourth-order valence-corrected chi connectivity index (χ4v) is 2.87. The molecule has 0 aromatic heterocycles. The summed E-state index contributed by atoms with van der Waals surface area (Å²) in [4.78, 5) is 0. The minimum Gasteiger partial charge on any atom is -0.486 e. The molecule has 1 aliphatic carbocycles.